The highest BCUT2D eigenvalue weighted by Gasteiger charge is 2.60. The summed E-state index contributed by atoms with van der Waals surface area (Å²) >= 11 is 0. The van der Waals surface area contributed by atoms with Crippen molar-refractivity contribution in [1.82, 2.24) is 5.34 Å². The molecule has 0 aromatic heterocycles. The fourth-order valence-electron chi connectivity index (χ4n) is 1.10. The first-order valence-electron chi connectivity index (χ1n) is 4.22. The Morgan fingerprint density at radius 2 is 1.56 bits per heavy atom. The lowest BCUT2D eigenvalue weighted by Crippen LogP contribution is -2.52. The molecule has 7 heteroatoms. The fraction of sp³-hybridized carbons (Fsp3) is 0.333. The summed E-state index contributed by atoms with van der Waals surface area (Å²) in [4.78, 5) is 0. The Bertz CT molecular complexity index is 341. The maximum absolute atomic E-state index is 13.1. The highest BCUT2D eigenvalue weighted by molar-refractivity contribution is 5.16. The first kappa shape index (κ1) is 12.9. The average molecular weight is 241 g/mol. The number of alkyl halides is 3. The van der Waals surface area contributed by atoms with Gasteiger partial charge in [0.1, 0.15) is 0 Å². The summed E-state index contributed by atoms with van der Waals surface area (Å²) in [6, 6.07) is 1.57. The predicted octanol–water partition coefficient (Wildman–Crippen LogP) is 2.55. The minimum atomic E-state index is -5.26. The zero-order valence-corrected chi connectivity index (χ0v) is 7.88. The zero-order chi connectivity index (χ0) is 12.4. The summed E-state index contributed by atoms with van der Waals surface area (Å²) in [6.07, 6.45) is -1.23. The molecule has 0 bridgehead atoms. The molecule has 1 aromatic rings. The van der Waals surface area contributed by atoms with Gasteiger partial charge in [-0.1, -0.05) is 39.3 Å². The van der Waals surface area contributed by atoms with Crippen LogP contribution in [0, 0.1) is 0 Å². The van der Waals surface area contributed by atoms with E-state index in [1.165, 1.54) is 30.3 Å². The molecule has 1 aromatic carbocycles. The van der Waals surface area contributed by atoms with E-state index in [-0.39, 0.29) is 5.56 Å². The minimum absolute atomic E-state index is 0.0194. The number of aliphatic hydroxyl groups is 1. The van der Waals surface area contributed by atoms with Crippen molar-refractivity contribution in [2.45, 2.75) is 18.3 Å². The van der Waals surface area contributed by atoms with Gasteiger partial charge < -0.3 is 5.11 Å². The van der Waals surface area contributed by atoms with Crippen molar-refractivity contribution < 1.29 is 27.2 Å². The molecule has 0 aliphatic carbocycles. The van der Waals surface area contributed by atoms with Crippen LogP contribution in [0.15, 0.2) is 30.3 Å². The summed E-state index contributed by atoms with van der Waals surface area (Å²) in [5.41, 5.74) is -0.0194. The second-order valence-corrected chi connectivity index (χ2v) is 3.20. The third-order valence-corrected chi connectivity index (χ3v) is 1.95. The van der Waals surface area contributed by atoms with Gasteiger partial charge in [0.05, 0.1) is 5.34 Å². The van der Waals surface area contributed by atoms with Gasteiger partial charge in [-0.15, -0.1) is 0 Å². The second kappa shape index (κ2) is 4.34. The van der Waals surface area contributed by atoms with Crippen molar-refractivity contribution in [2.24, 2.45) is 0 Å². The van der Waals surface area contributed by atoms with Crippen LogP contribution in [0.4, 0.5) is 22.1 Å². The molecule has 1 rings (SSSR count). The lowest BCUT2D eigenvalue weighted by atomic mass is 10.1. The van der Waals surface area contributed by atoms with Crippen LogP contribution in [0.25, 0.3) is 0 Å². The number of hydrogen-bond donors (Lipinski definition) is 1. The molecule has 90 valence electrons. The lowest BCUT2D eigenvalue weighted by Gasteiger charge is -2.27. The number of benzene rings is 1. The third kappa shape index (κ3) is 2.48. The Kier molecular flexibility index (Phi) is 3.49. The van der Waals surface area contributed by atoms with Gasteiger partial charge >= 0.3 is 6.05 Å². The summed E-state index contributed by atoms with van der Waals surface area (Å²) in [7, 11) is 0. The first-order chi connectivity index (χ1) is 7.27. The van der Waals surface area contributed by atoms with Crippen LogP contribution in [0.3, 0.4) is 0 Å². The highest BCUT2D eigenvalue weighted by atomic mass is 19.4. The summed E-state index contributed by atoms with van der Waals surface area (Å²) in [5, 5.41) is 6.08. The van der Waals surface area contributed by atoms with Crippen molar-refractivity contribution in [2.75, 3.05) is 0 Å². The molecule has 0 aliphatic rings. The molecule has 0 fully saturated rings. The largest absolute Gasteiger partial charge is 0.415 e. The predicted molar refractivity (Wildman–Crippen MR) is 45.2 cm³/mol. The van der Waals surface area contributed by atoms with Crippen LogP contribution >= 0.6 is 0 Å². The van der Waals surface area contributed by atoms with Crippen LogP contribution in [-0.4, -0.2) is 22.4 Å². The van der Waals surface area contributed by atoms with Crippen LogP contribution in [0.5, 0.6) is 0 Å². The average Bonchev–Trinajstić information content (AvgIpc) is 2.18. The van der Waals surface area contributed by atoms with Crippen molar-refractivity contribution >= 4 is 0 Å². The van der Waals surface area contributed by atoms with E-state index in [2.05, 4.69) is 0 Å². The van der Waals surface area contributed by atoms with Gasteiger partial charge in [0.15, 0.2) is 0 Å². The molecule has 0 heterocycles. The van der Waals surface area contributed by atoms with E-state index in [0.717, 1.165) is 0 Å². The summed E-state index contributed by atoms with van der Waals surface area (Å²) < 4.78 is 61.6. The van der Waals surface area contributed by atoms with Gasteiger partial charge in [-0.05, 0) is 5.56 Å². The summed E-state index contributed by atoms with van der Waals surface area (Å²) in [5.74, 6) is -4.34. The van der Waals surface area contributed by atoms with Gasteiger partial charge in [-0.2, -0.15) is 8.78 Å². The molecule has 0 radical (unpaired) electrons. The van der Waals surface area contributed by atoms with Gasteiger partial charge in [-0.3, -0.25) is 0 Å². The van der Waals surface area contributed by atoms with E-state index in [1.807, 2.05) is 0 Å². The number of halogens is 5. The van der Waals surface area contributed by atoms with E-state index in [1.54, 1.807) is 0 Å². The van der Waals surface area contributed by atoms with Gasteiger partial charge in [0.25, 0.3) is 5.85 Å². The monoisotopic (exact) mass is 241 g/mol. The Morgan fingerprint density at radius 1 is 1.06 bits per heavy atom. The van der Waals surface area contributed by atoms with Crippen molar-refractivity contribution in [3.05, 3.63) is 35.9 Å². The van der Waals surface area contributed by atoms with E-state index < -0.39 is 23.7 Å². The highest BCUT2D eigenvalue weighted by Crippen LogP contribution is 2.36. The molecule has 1 N–H and O–H groups in total. The van der Waals surface area contributed by atoms with E-state index in [4.69, 9.17) is 5.11 Å². The molecular weight excluding hydrogens is 233 g/mol. The molecule has 2 nitrogen and oxygen atoms in total. The molecule has 1 atom stereocenters. The van der Waals surface area contributed by atoms with Crippen molar-refractivity contribution in [3.63, 3.8) is 0 Å². The van der Waals surface area contributed by atoms with Crippen LogP contribution in [0.1, 0.15) is 5.56 Å². The molecule has 1 unspecified atom stereocenters. The standard InChI is InChI=1S/C9H8F5NO/c10-8(16,9(11,12)15(13)14)6-7-4-2-1-3-5-7/h1-5,16H,6H2. The number of rotatable bonds is 4. The van der Waals surface area contributed by atoms with Crippen LogP contribution < -0.4 is 0 Å². The quantitative estimate of drug-likeness (QED) is 0.497. The van der Waals surface area contributed by atoms with Crippen molar-refractivity contribution in [3.8, 4) is 0 Å². The van der Waals surface area contributed by atoms with Gasteiger partial charge in [0, 0.05) is 6.42 Å². The Labute approximate surface area is 87.8 Å². The Morgan fingerprint density at radius 3 is 2.00 bits per heavy atom. The van der Waals surface area contributed by atoms with E-state index in [0.29, 0.717) is 0 Å². The molecule has 0 saturated heterocycles. The van der Waals surface area contributed by atoms with Gasteiger partial charge in [-0.25, -0.2) is 4.39 Å². The van der Waals surface area contributed by atoms with E-state index in [9.17, 15) is 22.1 Å². The van der Waals surface area contributed by atoms with Crippen LogP contribution in [0.2, 0.25) is 0 Å². The molecule has 16 heavy (non-hydrogen) atoms. The number of hydrogen-bond acceptors (Lipinski definition) is 2. The molecule has 0 aliphatic heterocycles. The summed E-state index contributed by atoms with van der Waals surface area (Å²) in [6.45, 7) is 0. The lowest BCUT2D eigenvalue weighted by molar-refractivity contribution is -0.414. The maximum atomic E-state index is 13.1. The Balaban J connectivity index is 2.87. The Hall–Kier alpha value is -1.21. The third-order valence-electron chi connectivity index (χ3n) is 1.95. The normalized spacial score (nSPS) is 16.2. The first-order valence-corrected chi connectivity index (χ1v) is 4.22. The van der Waals surface area contributed by atoms with Crippen LogP contribution in [-0.2, 0) is 6.42 Å². The van der Waals surface area contributed by atoms with Crippen molar-refractivity contribution in [1.29, 1.82) is 0 Å². The smallest absolute Gasteiger partial charge is 0.356 e. The SMILES string of the molecule is OC(F)(Cc1ccccc1)C(F)(F)N(F)F. The second-order valence-electron chi connectivity index (χ2n) is 3.20. The molecular formula is C9H8F5NO. The number of nitrogens with zero attached hydrogens (tertiary/aromatic N) is 1. The maximum Gasteiger partial charge on any atom is 0.415 e. The molecule has 0 spiro atoms. The van der Waals surface area contributed by atoms with E-state index >= 15 is 0 Å². The molecule has 0 amide bonds. The topological polar surface area (TPSA) is 23.5 Å². The fourth-order valence-corrected chi connectivity index (χ4v) is 1.10. The van der Waals surface area contributed by atoms with Gasteiger partial charge in [0.2, 0.25) is 0 Å². The minimum Gasteiger partial charge on any atom is -0.356 e. The zero-order valence-electron chi connectivity index (χ0n) is 7.88. The molecule has 0 saturated carbocycles.